The van der Waals surface area contributed by atoms with Gasteiger partial charge >= 0.3 is 0 Å². The van der Waals surface area contributed by atoms with Crippen molar-refractivity contribution in [3.8, 4) is 11.4 Å². The van der Waals surface area contributed by atoms with Crippen molar-refractivity contribution < 1.29 is 28.8 Å². The number of nitrogens with zero attached hydrogens (tertiary/aromatic N) is 2. The van der Waals surface area contributed by atoms with Gasteiger partial charge in [-0.05, 0) is 171 Å². The zero-order valence-corrected chi connectivity index (χ0v) is 40.5. The van der Waals surface area contributed by atoms with Crippen molar-refractivity contribution in [3.63, 3.8) is 0 Å². The summed E-state index contributed by atoms with van der Waals surface area (Å²) in [6, 6.07) is 45.4. The molecule has 4 heterocycles. The van der Waals surface area contributed by atoms with Gasteiger partial charge in [0.1, 0.15) is 0 Å². The van der Waals surface area contributed by atoms with E-state index in [4.69, 9.17) is 0 Å². The number of carbonyl (C=O) groups is 6. The number of hydrogen-bond acceptors (Lipinski definition) is 8. The molecule has 0 saturated carbocycles. The Hall–Kier alpha value is -7.66. The van der Waals surface area contributed by atoms with Crippen LogP contribution >= 0.6 is 22.7 Å². The molecule has 70 heavy (non-hydrogen) atoms. The normalized spacial score (nSPS) is 11.5. The maximum absolute atomic E-state index is 13.7. The van der Waals surface area contributed by atoms with Crippen LogP contribution in [-0.4, -0.2) is 43.8 Å². The fourth-order valence-corrected chi connectivity index (χ4v) is 11.0. The van der Waals surface area contributed by atoms with Gasteiger partial charge < -0.3 is 9.13 Å². The molecule has 0 fully saturated rings. The maximum atomic E-state index is 13.7. The minimum atomic E-state index is -0.0450. The summed E-state index contributed by atoms with van der Waals surface area (Å²) in [5.74, 6) is 0.0347. The van der Waals surface area contributed by atoms with Gasteiger partial charge in [0, 0.05) is 79.1 Å². The van der Waals surface area contributed by atoms with E-state index < -0.39 is 0 Å². The van der Waals surface area contributed by atoms with Crippen molar-refractivity contribution >= 4 is 101 Å². The molecule has 346 valence electrons. The summed E-state index contributed by atoms with van der Waals surface area (Å²) < 4.78 is 4.22. The molecule has 0 atom stereocenters. The molecule has 4 aromatic heterocycles. The van der Waals surface area contributed by atoms with E-state index in [2.05, 4.69) is 9.13 Å². The molecule has 0 N–H and O–H groups in total. The summed E-state index contributed by atoms with van der Waals surface area (Å²) in [6.45, 7) is 3.09. The number of benzene rings is 6. The fourth-order valence-electron chi connectivity index (χ4n) is 9.59. The molecule has 10 rings (SSSR count). The topological polar surface area (TPSA) is 112 Å². The molecule has 0 saturated heterocycles. The van der Waals surface area contributed by atoms with Crippen LogP contribution in [0.5, 0.6) is 0 Å². The molecule has 0 aliphatic heterocycles. The number of aromatic nitrogens is 2. The molecule has 10 heteroatoms. The lowest BCUT2D eigenvalue weighted by Gasteiger charge is -2.09. The number of ketones is 6. The predicted octanol–water partition coefficient (Wildman–Crippen LogP) is 15.1. The Labute approximate surface area is 412 Å². The number of carbonyl (C=O) groups excluding carboxylic acids is 6. The number of rotatable bonds is 19. The SMILES string of the molecule is CC(=O)c1ccc(-n2c3ccc(C(=O)CCCCCCCCC(=O)c4ccc5c(c4)c4cc(C(=O)c6cccs6)ccc4n5-c4ccc(C(C)=O)cc4)cc3c3cc(C(=O)c4cccs4)ccc32)cc1. The number of unbranched alkanes of at least 4 members (excludes halogenated alkanes) is 5. The second kappa shape index (κ2) is 19.7. The summed E-state index contributed by atoms with van der Waals surface area (Å²) in [6.07, 6.45) is 6.09. The van der Waals surface area contributed by atoms with Crippen molar-refractivity contribution in [1.29, 1.82) is 0 Å². The first-order chi connectivity index (χ1) is 34.0. The van der Waals surface area contributed by atoms with Gasteiger partial charge in [-0.25, -0.2) is 0 Å². The van der Waals surface area contributed by atoms with Crippen LogP contribution in [0.2, 0.25) is 0 Å². The summed E-state index contributed by atoms with van der Waals surface area (Å²) in [5.41, 5.74) is 9.03. The highest BCUT2D eigenvalue weighted by Gasteiger charge is 2.21. The van der Waals surface area contributed by atoms with Crippen molar-refractivity contribution in [2.45, 2.75) is 65.2 Å². The first-order valence-corrected chi connectivity index (χ1v) is 25.4. The molecule has 0 spiro atoms. The second-order valence-corrected chi connectivity index (χ2v) is 19.8. The van der Waals surface area contributed by atoms with Crippen LogP contribution in [0.3, 0.4) is 0 Å². The second-order valence-electron chi connectivity index (χ2n) is 17.9. The lowest BCUT2D eigenvalue weighted by Crippen LogP contribution is -2.00. The highest BCUT2D eigenvalue weighted by atomic mass is 32.1. The molecular weight excluding hydrogens is 909 g/mol. The first-order valence-electron chi connectivity index (χ1n) is 23.7. The molecule has 10 aromatic rings. The van der Waals surface area contributed by atoms with Crippen LogP contribution in [0, 0.1) is 0 Å². The highest BCUT2D eigenvalue weighted by Crippen LogP contribution is 2.37. The van der Waals surface area contributed by atoms with Gasteiger partial charge in [-0.1, -0.05) is 37.8 Å². The summed E-state index contributed by atoms with van der Waals surface area (Å²) in [4.78, 5) is 79.6. The van der Waals surface area contributed by atoms with Crippen molar-refractivity contribution in [1.82, 2.24) is 9.13 Å². The third kappa shape index (κ3) is 9.04. The molecule has 0 radical (unpaired) electrons. The largest absolute Gasteiger partial charge is 0.309 e. The molecule has 0 bridgehead atoms. The van der Waals surface area contributed by atoms with Crippen LogP contribution in [0.15, 0.2) is 156 Å². The highest BCUT2D eigenvalue weighted by molar-refractivity contribution is 7.12. The lowest BCUT2D eigenvalue weighted by atomic mass is 9.99. The molecule has 6 aromatic carbocycles. The Morgan fingerprint density at radius 1 is 0.371 bits per heavy atom. The molecule has 8 nitrogen and oxygen atoms in total. The Kier molecular flexibility index (Phi) is 13.0. The predicted molar refractivity (Wildman–Crippen MR) is 283 cm³/mol. The fraction of sp³-hybridized carbons (Fsp3) is 0.167. The molecule has 0 aliphatic carbocycles. The van der Waals surface area contributed by atoms with Crippen molar-refractivity contribution in [3.05, 3.63) is 199 Å². The zero-order chi connectivity index (χ0) is 48.5. The minimum Gasteiger partial charge on any atom is -0.309 e. The number of hydrogen-bond donors (Lipinski definition) is 0. The molecule has 0 amide bonds. The van der Waals surface area contributed by atoms with Crippen LogP contribution in [-0.2, 0) is 0 Å². The lowest BCUT2D eigenvalue weighted by molar-refractivity contribution is 0.0970. The van der Waals surface area contributed by atoms with Crippen LogP contribution in [0.4, 0.5) is 0 Å². The average molecular weight is 957 g/mol. The van der Waals surface area contributed by atoms with E-state index >= 15 is 0 Å². The Morgan fingerprint density at radius 3 is 1.01 bits per heavy atom. The number of fused-ring (bicyclic) bond motifs is 6. The summed E-state index contributed by atoms with van der Waals surface area (Å²) in [7, 11) is 0. The summed E-state index contributed by atoms with van der Waals surface area (Å²) in [5, 5.41) is 7.30. The standard InChI is InChI=1S/C60H48N2O6S2/c1-37(63)39-15-23-45(24-16-39)61-51-27-19-41(33-47(51)49-35-43(21-29-53(49)61)59(67)57-13-9-31-69-57)55(65)11-7-5-3-4-6-8-12-56(66)42-20-28-52-48(34-42)50-36-44(60(68)58-14-10-32-70-58)22-30-54(50)62(52)46-25-17-40(18-26-46)38(2)64/h9-10,13-36H,3-8,11-12H2,1-2H3. The van der Waals surface area contributed by atoms with Crippen molar-refractivity contribution in [2.24, 2.45) is 0 Å². The van der Waals surface area contributed by atoms with E-state index in [1.165, 1.54) is 22.7 Å². The smallest absolute Gasteiger partial charge is 0.202 e. The van der Waals surface area contributed by atoms with E-state index in [1.54, 1.807) is 13.8 Å². The van der Waals surface area contributed by atoms with Crippen LogP contribution in [0.1, 0.15) is 137 Å². The maximum Gasteiger partial charge on any atom is 0.202 e. The third-order valence-electron chi connectivity index (χ3n) is 13.3. The Bertz CT molecular complexity index is 3430. The van der Waals surface area contributed by atoms with Crippen LogP contribution < -0.4 is 0 Å². The van der Waals surface area contributed by atoms with Gasteiger partial charge in [-0.2, -0.15) is 0 Å². The molecule has 0 aliphatic rings. The van der Waals surface area contributed by atoms with Gasteiger partial charge in [-0.15, -0.1) is 22.7 Å². The van der Waals surface area contributed by atoms with Crippen LogP contribution in [0.25, 0.3) is 55.0 Å². The summed E-state index contributed by atoms with van der Waals surface area (Å²) >= 11 is 2.82. The third-order valence-corrected chi connectivity index (χ3v) is 15.0. The van der Waals surface area contributed by atoms with Gasteiger partial charge in [0.2, 0.25) is 11.6 Å². The Morgan fingerprint density at radius 2 is 0.686 bits per heavy atom. The first kappa shape index (κ1) is 46.1. The van der Waals surface area contributed by atoms with E-state index in [0.717, 1.165) is 93.5 Å². The van der Waals surface area contributed by atoms with E-state index in [1.807, 2.05) is 156 Å². The van der Waals surface area contributed by atoms with Gasteiger partial charge in [0.15, 0.2) is 23.1 Å². The van der Waals surface area contributed by atoms with E-state index in [0.29, 0.717) is 56.0 Å². The minimum absolute atomic E-state index is 0.00829. The molecule has 0 unspecified atom stereocenters. The Balaban J connectivity index is 0.783. The average Bonchev–Trinajstić information content (AvgIpc) is 4.23. The van der Waals surface area contributed by atoms with Gasteiger partial charge in [-0.3, -0.25) is 28.8 Å². The van der Waals surface area contributed by atoms with E-state index in [9.17, 15) is 28.8 Å². The van der Waals surface area contributed by atoms with Crippen molar-refractivity contribution in [2.75, 3.05) is 0 Å². The number of Topliss-reactive ketones (excluding diaryl/α,β-unsaturated/α-hetero) is 4. The van der Waals surface area contributed by atoms with E-state index in [-0.39, 0.29) is 34.7 Å². The quantitative estimate of drug-likeness (QED) is 0.0589. The molecular formula is C60H48N2O6S2. The van der Waals surface area contributed by atoms with Gasteiger partial charge in [0.05, 0.1) is 31.8 Å². The number of thiophene rings is 2. The van der Waals surface area contributed by atoms with Gasteiger partial charge in [0.25, 0.3) is 0 Å². The monoisotopic (exact) mass is 956 g/mol. The zero-order valence-electron chi connectivity index (χ0n) is 38.8.